The molecule has 19 nitrogen and oxygen atoms in total. The number of benzene rings is 1. The maximum absolute atomic E-state index is 12.3. The average molecular weight is 813 g/mol. The number of rotatable bonds is 36. The Labute approximate surface area is 332 Å². The molecule has 1 aromatic carbocycles. The van der Waals surface area contributed by atoms with Crippen LogP contribution >= 0.6 is 0 Å². The van der Waals surface area contributed by atoms with Gasteiger partial charge in [-0.3, -0.25) is 19.2 Å². The second-order valence-corrected chi connectivity index (χ2v) is 12.8. The van der Waals surface area contributed by atoms with Gasteiger partial charge in [0, 0.05) is 25.9 Å². The number of nitrogens with one attached hydrogen (secondary N) is 4. The number of unbranched alkanes of at least 4 members (excludes halogenated alkanes) is 6. The van der Waals surface area contributed by atoms with Crippen LogP contribution in [0.15, 0.2) is 24.3 Å². The Morgan fingerprint density at radius 1 is 0.544 bits per heavy atom. The molecule has 0 bridgehead atoms. The highest BCUT2D eigenvalue weighted by Gasteiger charge is 2.21. The van der Waals surface area contributed by atoms with Gasteiger partial charge in [0.25, 0.3) is 0 Å². The molecule has 0 aliphatic rings. The number of hydrogen-bond donors (Lipinski definition) is 7. The van der Waals surface area contributed by atoms with Crippen molar-refractivity contribution in [3.63, 3.8) is 0 Å². The van der Waals surface area contributed by atoms with Crippen molar-refractivity contribution in [1.29, 1.82) is 0 Å². The van der Waals surface area contributed by atoms with E-state index in [1.165, 1.54) is 12.1 Å². The minimum atomic E-state index is -1.21. The lowest BCUT2D eigenvalue weighted by Crippen LogP contribution is -2.42. The van der Waals surface area contributed by atoms with Crippen LogP contribution in [0.2, 0.25) is 0 Å². The molecule has 0 unspecified atom stereocenters. The summed E-state index contributed by atoms with van der Waals surface area (Å²) in [6, 6.07) is 4.15. The van der Waals surface area contributed by atoms with Gasteiger partial charge >= 0.3 is 17.9 Å². The number of aliphatic carboxylic acids is 2. The largest absolute Gasteiger partial charge is 0.494 e. The molecular weight excluding hydrogens is 752 g/mol. The van der Waals surface area contributed by atoms with Gasteiger partial charge in [-0.15, -0.1) is 0 Å². The predicted octanol–water partition coefficient (Wildman–Crippen LogP) is 1.51. The lowest BCUT2D eigenvalue weighted by molar-refractivity contribution is -0.142. The molecule has 322 valence electrons. The molecule has 0 spiro atoms. The maximum Gasteiger partial charge on any atom is 0.335 e. The molecular formula is C38H60N4O15. The normalized spacial score (nSPS) is 11.9. The zero-order valence-corrected chi connectivity index (χ0v) is 32.8. The number of ether oxygens (including phenoxy) is 5. The van der Waals surface area contributed by atoms with Crippen LogP contribution in [-0.2, 0) is 47.7 Å². The van der Waals surface area contributed by atoms with Gasteiger partial charge in [0.05, 0.1) is 51.8 Å². The zero-order valence-electron chi connectivity index (χ0n) is 32.8. The number of hydrogen-bond acceptors (Lipinski definition) is 12. The summed E-state index contributed by atoms with van der Waals surface area (Å²) in [7, 11) is 0. The molecule has 0 aromatic heterocycles. The molecule has 0 fully saturated rings. The monoisotopic (exact) mass is 812 g/mol. The first-order valence-electron chi connectivity index (χ1n) is 19.3. The van der Waals surface area contributed by atoms with Gasteiger partial charge in [0.15, 0.2) is 0 Å². The van der Waals surface area contributed by atoms with E-state index in [1.54, 1.807) is 19.1 Å². The number of carbonyl (C=O) groups is 7. The van der Waals surface area contributed by atoms with E-state index in [4.69, 9.17) is 33.9 Å². The minimum Gasteiger partial charge on any atom is -0.494 e. The van der Waals surface area contributed by atoms with Gasteiger partial charge in [-0.2, -0.15) is 0 Å². The van der Waals surface area contributed by atoms with Crippen LogP contribution in [0.5, 0.6) is 5.75 Å². The first-order valence-corrected chi connectivity index (χ1v) is 19.3. The average Bonchev–Trinajstić information content (AvgIpc) is 3.18. The highest BCUT2D eigenvalue weighted by atomic mass is 16.5. The third-order valence-corrected chi connectivity index (χ3v) is 8.10. The maximum atomic E-state index is 12.3. The number of carbonyl (C=O) groups excluding carboxylic acids is 4. The molecule has 19 heteroatoms. The summed E-state index contributed by atoms with van der Waals surface area (Å²) >= 11 is 0. The van der Waals surface area contributed by atoms with E-state index in [-0.39, 0.29) is 115 Å². The van der Waals surface area contributed by atoms with Gasteiger partial charge in [0.1, 0.15) is 31.0 Å². The van der Waals surface area contributed by atoms with E-state index in [0.29, 0.717) is 18.8 Å². The molecule has 57 heavy (non-hydrogen) atoms. The van der Waals surface area contributed by atoms with Crippen LogP contribution < -0.4 is 26.0 Å². The Kier molecular flexibility index (Phi) is 28.4. The van der Waals surface area contributed by atoms with Crippen LogP contribution in [0.1, 0.15) is 87.9 Å². The third-order valence-electron chi connectivity index (χ3n) is 8.10. The lowest BCUT2D eigenvalue weighted by Gasteiger charge is -2.14. The van der Waals surface area contributed by atoms with Crippen molar-refractivity contribution in [1.82, 2.24) is 21.3 Å². The summed E-state index contributed by atoms with van der Waals surface area (Å²) in [5.74, 6) is -4.32. The highest BCUT2D eigenvalue weighted by molar-refractivity contribution is 5.87. The number of carboxylic acids is 3. The van der Waals surface area contributed by atoms with Crippen LogP contribution in [0.25, 0.3) is 0 Å². The fraction of sp³-hybridized carbons (Fsp3) is 0.658. The van der Waals surface area contributed by atoms with Crippen molar-refractivity contribution < 1.29 is 72.6 Å². The lowest BCUT2D eigenvalue weighted by atomic mass is 10.1. The van der Waals surface area contributed by atoms with Crippen molar-refractivity contribution in [2.24, 2.45) is 0 Å². The Hall–Kier alpha value is -4.85. The van der Waals surface area contributed by atoms with Gasteiger partial charge in [-0.05, 0) is 49.9 Å². The summed E-state index contributed by atoms with van der Waals surface area (Å²) in [5, 5.41) is 37.4. The summed E-state index contributed by atoms with van der Waals surface area (Å²) < 4.78 is 26.6. The van der Waals surface area contributed by atoms with Gasteiger partial charge in [0.2, 0.25) is 23.6 Å². The number of amides is 4. The van der Waals surface area contributed by atoms with E-state index >= 15 is 0 Å². The van der Waals surface area contributed by atoms with Gasteiger partial charge in [-0.25, -0.2) is 14.4 Å². The SMILES string of the molecule is CC[C@H](NC(=O)COCCOCCNC(=O)COCCOCCNC(=O)CC[C@H](NC(=O)CCCCCCCCCOc1ccc(C(=O)O)cc1)C(=O)O)C(=O)O. The van der Waals surface area contributed by atoms with Crippen molar-refractivity contribution >= 4 is 41.5 Å². The van der Waals surface area contributed by atoms with Crippen LogP contribution in [0.4, 0.5) is 0 Å². The quantitative estimate of drug-likeness (QED) is 0.0473. The van der Waals surface area contributed by atoms with E-state index in [9.17, 15) is 38.7 Å². The molecule has 0 saturated carbocycles. The molecule has 1 aromatic rings. The summed E-state index contributed by atoms with van der Waals surface area (Å²) in [6.45, 7) is 3.11. The second kappa shape index (κ2) is 32.3. The van der Waals surface area contributed by atoms with E-state index < -0.39 is 35.9 Å². The first-order chi connectivity index (χ1) is 27.4. The Bertz CT molecular complexity index is 1350. The van der Waals surface area contributed by atoms with E-state index in [1.807, 2.05) is 0 Å². The second-order valence-electron chi connectivity index (χ2n) is 12.8. The van der Waals surface area contributed by atoms with Crippen LogP contribution in [0, 0.1) is 0 Å². The zero-order chi connectivity index (χ0) is 42.1. The standard InChI is InChI=1S/C38H60N4O15/c1-2-30(37(49)50)41-35(46)27-56-25-23-54-21-18-40-34(45)26-55-24-22-53-20-17-39-32(43)16-15-31(38(51)52)42-33(44)10-8-6-4-3-5-7-9-19-57-29-13-11-28(12-14-29)36(47)48/h11-14,30-31H,2-10,15-27H2,1H3,(H,39,43)(H,40,45)(H,41,46)(H,42,44)(H,47,48)(H,49,50)(H,51,52)/t30-,31-/m0/s1. The fourth-order valence-electron chi connectivity index (χ4n) is 4.96. The minimum absolute atomic E-state index is 0.0568. The predicted molar refractivity (Wildman–Crippen MR) is 204 cm³/mol. The molecule has 4 amide bonds. The summed E-state index contributed by atoms with van der Waals surface area (Å²) in [4.78, 5) is 81.4. The van der Waals surface area contributed by atoms with Crippen LogP contribution in [-0.4, -0.2) is 141 Å². The van der Waals surface area contributed by atoms with Crippen molar-refractivity contribution in [3.8, 4) is 5.75 Å². The summed E-state index contributed by atoms with van der Waals surface area (Å²) in [5.41, 5.74) is 0.212. The van der Waals surface area contributed by atoms with E-state index in [0.717, 1.165) is 38.5 Å². The van der Waals surface area contributed by atoms with Crippen molar-refractivity contribution in [3.05, 3.63) is 29.8 Å². The number of carboxylic acid groups (broad SMARTS) is 3. The Balaban J connectivity index is 1.96. The van der Waals surface area contributed by atoms with Crippen molar-refractivity contribution in [2.45, 2.75) is 89.6 Å². The van der Waals surface area contributed by atoms with E-state index in [2.05, 4.69) is 21.3 Å². The molecule has 7 N–H and O–H groups in total. The van der Waals surface area contributed by atoms with Gasteiger partial charge < -0.3 is 60.3 Å². The van der Waals surface area contributed by atoms with Gasteiger partial charge in [-0.1, -0.05) is 39.0 Å². The summed E-state index contributed by atoms with van der Waals surface area (Å²) in [6.07, 6.45) is 6.60. The molecule has 2 atom stereocenters. The highest BCUT2D eigenvalue weighted by Crippen LogP contribution is 2.14. The molecule has 0 aliphatic heterocycles. The topological polar surface area (TPSA) is 274 Å². The first kappa shape index (κ1) is 50.2. The van der Waals surface area contributed by atoms with Crippen molar-refractivity contribution in [2.75, 3.05) is 72.6 Å². The number of aromatic carboxylic acids is 1. The molecule has 0 aliphatic carbocycles. The Morgan fingerprint density at radius 3 is 1.61 bits per heavy atom. The van der Waals surface area contributed by atoms with Crippen LogP contribution in [0.3, 0.4) is 0 Å². The molecule has 0 saturated heterocycles. The third kappa shape index (κ3) is 27.4. The smallest absolute Gasteiger partial charge is 0.335 e. The Morgan fingerprint density at radius 2 is 1.05 bits per heavy atom. The fourth-order valence-corrected chi connectivity index (χ4v) is 4.96. The molecule has 0 heterocycles. The molecule has 1 rings (SSSR count). The molecule has 0 radical (unpaired) electrons.